The summed E-state index contributed by atoms with van der Waals surface area (Å²) < 4.78 is 11.4. The van der Waals surface area contributed by atoms with E-state index >= 15 is 0 Å². The van der Waals surface area contributed by atoms with Gasteiger partial charge in [0, 0.05) is 0 Å². The predicted octanol–water partition coefficient (Wildman–Crippen LogP) is 7.20. The van der Waals surface area contributed by atoms with Gasteiger partial charge in [-0.15, -0.1) is 0 Å². The van der Waals surface area contributed by atoms with Gasteiger partial charge in [-0.3, -0.25) is 4.90 Å². The molecule has 0 radical (unpaired) electrons. The molecule has 184 valence electrons. The van der Waals surface area contributed by atoms with Crippen molar-refractivity contribution in [1.82, 2.24) is 4.90 Å². The molecule has 1 rings (SSSR count). The fourth-order valence-corrected chi connectivity index (χ4v) is 4.35. The maximum absolute atomic E-state index is 12.7. The first-order valence-corrected chi connectivity index (χ1v) is 12.9. The zero-order valence-corrected chi connectivity index (χ0v) is 21.4. The molecular formula is C26H51NO4. The topological polar surface area (TPSA) is 59.0 Å². The van der Waals surface area contributed by atoms with Gasteiger partial charge in [0.2, 0.25) is 0 Å². The minimum atomic E-state index is -0.760. The van der Waals surface area contributed by atoms with E-state index in [4.69, 9.17) is 9.47 Å². The number of aliphatic hydroxyl groups is 1. The van der Waals surface area contributed by atoms with E-state index < -0.39 is 23.5 Å². The number of aliphatic hydroxyl groups excluding tert-OH is 1. The second-order valence-corrected chi connectivity index (χ2v) is 10.8. The van der Waals surface area contributed by atoms with Crippen molar-refractivity contribution in [2.75, 3.05) is 6.61 Å². The minimum absolute atomic E-state index is 0.345. The highest BCUT2D eigenvalue weighted by Gasteiger charge is 2.48. The van der Waals surface area contributed by atoms with Gasteiger partial charge in [0.15, 0.2) is 0 Å². The molecule has 1 N–H and O–H groups in total. The number of hydrogen-bond donors (Lipinski definition) is 1. The van der Waals surface area contributed by atoms with Crippen molar-refractivity contribution in [2.45, 2.75) is 155 Å². The number of amides is 1. The maximum atomic E-state index is 12.7. The zero-order valence-electron chi connectivity index (χ0n) is 21.4. The molecule has 0 aromatic carbocycles. The van der Waals surface area contributed by atoms with Gasteiger partial charge in [-0.1, -0.05) is 90.4 Å². The highest BCUT2D eigenvalue weighted by Crippen LogP contribution is 2.32. The summed E-state index contributed by atoms with van der Waals surface area (Å²) >= 11 is 0. The van der Waals surface area contributed by atoms with Crippen LogP contribution in [0.3, 0.4) is 0 Å². The van der Waals surface area contributed by atoms with Gasteiger partial charge in [0.1, 0.15) is 11.3 Å². The van der Waals surface area contributed by atoms with Gasteiger partial charge in [-0.05, 0) is 41.0 Å². The lowest BCUT2D eigenvalue weighted by Gasteiger charge is -2.36. The first kappa shape index (κ1) is 28.2. The van der Waals surface area contributed by atoms with Crippen LogP contribution in [-0.2, 0) is 9.47 Å². The minimum Gasteiger partial charge on any atom is -0.444 e. The number of carbonyl (C=O) groups excluding carboxylic acids is 1. The van der Waals surface area contributed by atoms with Crippen molar-refractivity contribution in [3.63, 3.8) is 0 Å². The first-order chi connectivity index (χ1) is 14.6. The van der Waals surface area contributed by atoms with E-state index in [1.165, 1.54) is 70.6 Å². The van der Waals surface area contributed by atoms with Crippen molar-refractivity contribution in [3.05, 3.63) is 0 Å². The van der Waals surface area contributed by atoms with E-state index in [1.54, 1.807) is 4.90 Å². The Hall–Kier alpha value is -0.810. The third-order valence-electron chi connectivity index (χ3n) is 6.16. The fourth-order valence-electron chi connectivity index (χ4n) is 4.35. The van der Waals surface area contributed by atoms with Crippen LogP contribution in [-0.4, -0.2) is 46.2 Å². The number of unbranched alkanes of at least 4 members (excludes halogenated alkanes) is 12. The third kappa shape index (κ3) is 11.6. The van der Waals surface area contributed by atoms with Gasteiger partial charge in [0.25, 0.3) is 0 Å². The van der Waals surface area contributed by atoms with Crippen LogP contribution in [0.25, 0.3) is 0 Å². The number of nitrogens with zero attached hydrogens (tertiary/aromatic N) is 1. The highest BCUT2D eigenvalue weighted by molar-refractivity contribution is 5.69. The zero-order chi connectivity index (χ0) is 23.3. The largest absolute Gasteiger partial charge is 0.444 e. The molecule has 0 aromatic heterocycles. The summed E-state index contributed by atoms with van der Waals surface area (Å²) in [6, 6.07) is -0.345. The molecule has 0 spiro atoms. The summed E-state index contributed by atoms with van der Waals surface area (Å²) in [6.07, 6.45) is 16.7. The van der Waals surface area contributed by atoms with Gasteiger partial charge in [-0.25, -0.2) is 4.79 Å². The SMILES string of the molecule is CCCCCCCCCCCCCCCC(O)[C@@H]1COC(C)(C)N1C(=O)OC(C)(C)C. The normalized spacial score (nSPS) is 19.6. The smallest absolute Gasteiger partial charge is 0.412 e. The van der Waals surface area contributed by atoms with Gasteiger partial charge >= 0.3 is 6.09 Å². The second kappa shape index (κ2) is 14.4. The summed E-state index contributed by atoms with van der Waals surface area (Å²) in [7, 11) is 0. The van der Waals surface area contributed by atoms with Crippen LogP contribution in [0.1, 0.15) is 131 Å². The van der Waals surface area contributed by atoms with Crippen molar-refractivity contribution < 1.29 is 19.4 Å². The standard InChI is InChI=1S/C26H51NO4/c1-7-8-9-10-11-12-13-14-15-16-17-18-19-20-23(28)22-21-30-26(5,6)27(22)24(29)31-25(2,3)4/h22-23,28H,7-21H2,1-6H3/t22-,23?/m0/s1. The number of ether oxygens (including phenoxy) is 2. The molecule has 1 heterocycles. The van der Waals surface area contributed by atoms with Crippen LogP contribution < -0.4 is 0 Å². The molecule has 2 atom stereocenters. The molecule has 1 unspecified atom stereocenters. The van der Waals surface area contributed by atoms with Crippen LogP contribution in [0.5, 0.6) is 0 Å². The lowest BCUT2D eigenvalue weighted by atomic mass is 10.0. The van der Waals surface area contributed by atoms with Crippen molar-refractivity contribution in [3.8, 4) is 0 Å². The molecule has 5 nitrogen and oxygen atoms in total. The Labute approximate surface area is 192 Å². The lowest BCUT2D eigenvalue weighted by molar-refractivity contribution is -0.0681. The average Bonchev–Trinajstić information content (AvgIpc) is 2.99. The van der Waals surface area contributed by atoms with E-state index in [1.807, 2.05) is 34.6 Å². The molecule has 0 bridgehead atoms. The summed E-state index contributed by atoms with van der Waals surface area (Å²) in [5.74, 6) is 0. The summed E-state index contributed by atoms with van der Waals surface area (Å²) in [4.78, 5) is 14.3. The van der Waals surface area contributed by atoms with E-state index in [0.29, 0.717) is 13.0 Å². The molecule has 1 saturated heterocycles. The van der Waals surface area contributed by atoms with Crippen LogP contribution in [0.15, 0.2) is 0 Å². The van der Waals surface area contributed by atoms with E-state index in [9.17, 15) is 9.90 Å². The molecule has 1 aliphatic rings. The Morgan fingerprint density at radius 3 is 1.87 bits per heavy atom. The number of rotatable bonds is 15. The Bertz CT molecular complexity index is 486. The Morgan fingerprint density at radius 2 is 1.42 bits per heavy atom. The molecule has 0 saturated carbocycles. The number of hydrogen-bond acceptors (Lipinski definition) is 4. The monoisotopic (exact) mass is 441 g/mol. The molecule has 5 heteroatoms. The fraction of sp³-hybridized carbons (Fsp3) is 0.962. The Morgan fingerprint density at radius 1 is 0.968 bits per heavy atom. The third-order valence-corrected chi connectivity index (χ3v) is 6.16. The highest BCUT2D eigenvalue weighted by atomic mass is 16.6. The second-order valence-electron chi connectivity index (χ2n) is 10.8. The molecular weight excluding hydrogens is 390 g/mol. The quantitative estimate of drug-likeness (QED) is 0.273. The molecule has 0 aliphatic carbocycles. The maximum Gasteiger partial charge on any atom is 0.412 e. The van der Waals surface area contributed by atoms with Gasteiger partial charge in [0.05, 0.1) is 18.8 Å². The van der Waals surface area contributed by atoms with Gasteiger partial charge < -0.3 is 14.6 Å². The lowest BCUT2D eigenvalue weighted by Crippen LogP contribution is -2.53. The average molecular weight is 442 g/mol. The van der Waals surface area contributed by atoms with Crippen LogP contribution in [0, 0.1) is 0 Å². The van der Waals surface area contributed by atoms with Crippen molar-refractivity contribution in [1.29, 1.82) is 0 Å². The van der Waals surface area contributed by atoms with E-state index in [0.717, 1.165) is 12.8 Å². The summed E-state index contributed by atoms with van der Waals surface area (Å²) in [5.41, 5.74) is -1.33. The summed E-state index contributed by atoms with van der Waals surface area (Å²) in [5, 5.41) is 10.7. The molecule has 31 heavy (non-hydrogen) atoms. The van der Waals surface area contributed by atoms with E-state index in [2.05, 4.69) is 6.92 Å². The van der Waals surface area contributed by atoms with E-state index in [-0.39, 0.29) is 6.04 Å². The van der Waals surface area contributed by atoms with Crippen LogP contribution in [0.4, 0.5) is 4.79 Å². The summed E-state index contributed by atoms with van der Waals surface area (Å²) in [6.45, 7) is 11.9. The predicted molar refractivity (Wildman–Crippen MR) is 128 cm³/mol. The van der Waals surface area contributed by atoms with Crippen LogP contribution in [0.2, 0.25) is 0 Å². The molecule has 0 aromatic rings. The molecule has 1 fully saturated rings. The van der Waals surface area contributed by atoms with Crippen molar-refractivity contribution >= 4 is 6.09 Å². The van der Waals surface area contributed by atoms with Crippen LogP contribution >= 0.6 is 0 Å². The Kier molecular flexibility index (Phi) is 13.1. The van der Waals surface area contributed by atoms with Crippen molar-refractivity contribution in [2.24, 2.45) is 0 Å². The van der Waals surface area contributed by atoms with Gasteiger partial charge in [-0.2, -0.15) is 0 Å². The Balaban J connectivity index is 2.18. The first-order valence-electron chi connectivity index (χ1n) is 12.9. The molecule has 1 amide bonds. The number of carbonyl (C=O) groups is 1. The molecule has 1 aliphatic heterocycles.